The minimum Gasteiger partial charge on any atom is -0.228 e. The molecule has 0 fully saturated rings. The van der Waals surface area contributed by atoms with Gasteiger partial charge in [-0.1, -0.05) is 206 Å². The molecule has 61 heavy (non-hydrogen) atoms. The van der Waals surface area contributed by atoms with Gasteiger partial charge in [-0.3, -0.25) is 0 Å². The van der Waals surface area contributed by atoms with Crippen molar-refractivity contribution in [3.05, 3.63) is 253 Å². The zero-order valence-corrected chi connectivity index (χ0v) is 33.3. The lowest BCUT2D eigenvalue weighted by atomic mass is 9.70. The van der Waals surface area contributed by atoms with Crippen LogP contribution in [0.15, 0.2) is 231 Å². The molecule has 1 spiro atoms. The maximum Gasteiger partial charge on any atom is 0.160 e. The van der Waals surface area contributed by atoms with E-state index in [9.17, 15) is 0 Å². The topological polar surface area (TPSA) is 25.8 Å². The van der Waals surface area contributed by atoms with E-state index in [2.05, 4.69) is 218 Å². The largest absolute Gasteiger partial charge is 0.228 e. The molecule has 0 saturated carbocycles. The average molecular weight is 775 g/mol. The van der Waals surface area contributed by atoms with E-state index in [1.807, 2.05) is 12.1 Å². The summed E-state index contributed by atoms with van der Waals surface area (Å²) in [6, 6.07) is 83.4. The van der Waals surface area contributed by atoms with Crippen LogP contribution in [0, 0.1) is 0 Å². The van der Waals surface area contributed by atoms with E-state index in [-0.39, 0.29) is 5.41 Å². The van der Waals surface area contributed by atoms with Crippen molar-refractivity contribution in [3.8, 4) is 89.5 Å². The molecule has 2 heteroatoms. The Morgan fingerprint density at radius 2 is 0.607 bits per heavy atom. The van der Waals surface area contributed by atoms with Crippen molar-refractivity contribution in [3.63, 3.8) is 0 Å². The lowest BCUT2D eigenvalue weighted by Crippen LogP contribution is -2.25. The number of nitrogens with zero attached hydrogens (tertiary/aromatic N) is 2. The van der Waals surface area contributed by atoms with Crippen LogP contribution in [0.2, 0.25) is 0 Å². The van der Waals surface area contributed by atoms with Gasteiger partial charge in [0.25, 0.3) is 0 Å². The van der Waals surface area contributed by atoms with Crippen molar-refractivity contribution in [2.75, 3.05) is 0 Å². The van der Waals surface area contributed by atoms with E-state index < -0.39 is 0 Å². The summed E-state index contributed by atoms with van der Waals surface area (Å²) in [6.45, 7) is 0. The first-order chi connectivity index (χ1) is 30.2. The number of hydrogen-bond donors (Lipinski definition) is 0. The lowest BCUT2D eigenvalue weighted by Gasteiger charge is -2.30. The van der Waals surface area contributed by atoms with Crippen LogP contribution in [0.25, 0.3) is 89.5 Å². The van der Waals surface area contributed by atoms with Crippen LogP contribution < -0.4 is 0 Å². The Hall–Kier alpha value is -7.94. The van der Waals surface area contributed by atoms with E-state index in [0.717, 1.165) is 39.2 Å². The maximum atomic E-state index is 5.11. The van der Waals surface area contributed by atoms with Crippen LogP contribution in [0.4, 0.5) is 0 Å². The molecule has 0 atom stereocenters. The first-order valence-corrected chi connectivity index (χ1v) is 21.0. The van der Waals surface area contributed by atoms with Gasteiger partial charge in [-0.25, -0.2) is 9.97 Å². The molecule has 1 heterocycles. The maximum absolute atomic E-state index is 5.11. The van der Waals surface area contributed by atoms with Gasteiger partial charge < -0.3 is 0 Å². The smallest absolute Gasteiger partial charge is 0.160 e. The third-order valence-electron chi connectivity index (χ3n) is 12.7. The van der Waals surface area contributed by atoms with Gasteiger partial charge in [0.2, 0.25) is 0 Å². The molecular weight excluding hydrogens is 737 g/mol. The van der Waals surface area contributed by atoms with Gasteiger partial charge in [0.05, 0.1) is 16.8 Å². The molecule has 0 radical (unpaired) electrons. The predicted octanol–water partition coefficient (Wildman–Crippen LogP) is 14.8. The van der Waals surface area contributed by atoms with E-state index in [0.29, 0.717) is 5.82 Å². The SMILES string of the molecule is c1ccc(-c2cc(-c3ccccc3)nc(-c3cccc(-c4cccc(-c5cccc(-c6cccc7c6-c6ccccc6C76c7ccccc7-c7ccccc76)c5)c4)c3)n2)cc1. The number of benzene rings is 9. The molecule has 1 aromatic heterocycles. The summed E-state index contributed by atoms with van der Waals surface area (Å²) in [6.07, 6.45) is 0. The van der Waals surface area contributed by atoms with Crippen molar-refractivity contribution >= 4 is 0 Å². The Labute approximate surface area is 356 Å². The van der Waals surface area contributed by atoms with Gasteiger partial charge in [-0.05, 0) is 102 Å². The first-order valence-electron chi connectivity index (χ1n) is 21.0. The molecule has 0 unspecified atom stereocenters. The van der Waals surface area contributed by atoms with Crippen molar-refractivity contribution in [1.82, 2.24) is 9.97 Å². The number of fused-ring (bicyclic) bond motifs is 10. The van der Waals surface area contributed by atoms with Crippen LogP contribution in [0.3, 0.4) is 0 Å². The third kappa shape index (κ3) is 5.57. The second-order valence-corrected chi connectivity index (χ2v) is 16.1. The fourth-order valence-corrected chi connectivity index (χ4v) is 10.1. The second kappa shape index (κ2) is 14.1. The number of aromatic nitrogens is 2. The van der Waals surface area contributed by atoms with E-state index in [4.69, 9.17) is 9.97 Å². The zero-order valence-electron chi connectivity index (χ0n) is 33.3. The highest BCUT2D eigenvalue weighted by molar-refractivity contribution is 6.00. The molecule has 10 aromatic rings. The fourth-order valence-electron chi connectivity index (χ4n) is 10.1. The molecule has 0 amide bonds. The molecule has 284 valence electrons. The summed E-state index contributed by atoms with van der Waals surface area (Å²) in [5, 5.41) is 0. The molecule has 12 rings (SSSR count). The quantitative estimate of drug-likeness (QED) is 0.168. The highest BCUT2D eigenvalue weighted by Crippen LogP contribution is 2.64. The van der Waals surface area contributed by atoms with E-state index in [1.165, 1.54) is 66.8 Å². The van der Waals surface area contributed by atoms with Gasteiger partial charge in [-0.15, -0.1) is 0 Å². The third-order valence-corrected chi connectivity index (χ3v) is 12.7. The molecule has 0 N–H and O–H groups in total. The monoisotopic (exact) mass is 774 g/mol. The van der Waals surface area contributed by atoms with Crippen LogP contribution in [0.1, 0.15) is 22.3 Å². The molecule has 0 bridgehead atoms. The second-order valence-electron chi connectivity index (χ2n) is 16.1. The Bertz CT molecular complexity index is 3210. The Balaban J connectivity index is 0.941. The van der Waals surface area contributed by atoms with Crippen LogP contribution in [-0.4, -0.2) is 9.97 Å². The normalized spacial score (nSPS) is 12.7. The summed E-state index contributed by atoms with van der Waals surface area (Å²) < 4.78 is 0. The number of rotatable bonds is 6. The van der Waals surface area contributed by atoms with E-state index in [1.54, 1.807) is 0 Å². The minimum absolute atomic E-state index is 0.368. The Morgan fingerprint density at radius 1 is 0.246 bits per heavy atom. The minimum atomic E-state index is -0.368. The van der Waals surface area contributed by atoms with Crippen LogP contribution in [-0.2, 0) is 5.41 Å². The Kier molecular flexibility index (Phi) is 8.11. The van der Waals surface area contributed by atoms with Crippen molar-refractivity contribution in [2.45, 2.75) is 5.41 Å². The lowest BCUT2D eigenvalue weighted by molar-refractivity contribution is 0.794. The highest BCUT2D eigenvalue weighted by atomic mass is 14.9. The van der Waals surface area contributed by atoms with Crippen LogP contribution >= 0.6 is 0 Å². The van der Waals surface area contributed by atoms with E-state index >= 15 is 0 Å². The molecule has 0 saturated heterocycles. The van der Waals surface area contributed by atoms with Gasteiger partial charge in [0.1, 0.15) is 0 Å². The summed E-state index contributed by atoms with van der Waals surface area (Å²) in [7, 11) is 0. The summed E-state index contributed by atoms with van der Waals surface area (Å²) in [5.41, 5.74) is 22.3. The van der Waals surface area contributed by atoms with Crippen molar-refractivity contribution < 1.29 is 0 Å². The average Bonchev–Trinajstić information content (AvgIpc) is 3.82. The van der Waals surface area contributed by atoms with Crippen molar-refractivity contribution in [2.24, 2.45) is 0 Å². The standard InChI is InChI=1S/C59H38N2/c1-3-17-39(18-4-1)55-38-56(40-19-5-2-6-20-40)61-58(60-55)46-26-15-24-44(37-46)42-22-13-21-41(35-42)43-23-14-25-45(36-43)47-30-16-34-54-57(47)50-29-9-12-33-53(50)59(54)51-31-10-7-27-48(51)49-28-8-11-32-52(49)59/h1-38H. The zero-order chi connectivity index (χ0) is 40.3. The molecule has 0 aliphatic heterocycles. The Morgan fingerprint density at radius 3 is 1.16 bits per heavy atom. The highest BCUT2D eigenvalue weighted by Gasteiger charge is 2.51. The number of hydrogen-bond acceptors (Lipinski definition) is 2. The summed E-state index contributed by atoms with van der Waals surface area (Å²) in [5.74, 6) is 0.703. The van der Waals surface area contributed by atoms with Gasteiger partial charge in [0, 0.05) is 16.7 Å². The summed E-state index contributed by atoms with van der Waals surface area (Å²) in [4.78, 5) is 10.2. The molecule has 9 aromatic carbocycles. The summed E-state index contributed by atoms with van der Waals surface area (Å²) >= 11 is 0. The molecule has 2 aliphatic carbocycles. The van der Waals surface area contributed by atoms with Gasteiger partial charge in [-0.2, -0.15) is 0 Å². The van der Waals surface area contributed by atoms with Gasteiger partial charge >= 0.3 is 0 Å². The van der Waals surface area contributed by atoms with Crippen molar-refractivity contribution in [1.29, 1.82) is 0 Å². The fraction of sp³-hybridized carbons (Fsp3) is 0.0169. The molecule has 2 nitrogen and oxygen atoms in total. The molecule has 2 aliphatic rings. The molecular formula is C59H38N2. The van der Waals surface area contributed by atoms with Gasteiger partial charge in [0.15, 0.2) is 5.82 Å². The first kappa shape index (κ1) is 35.0. The predicted molar refractivity (Wildman–Crippen MR) is 251 cm³/mol. The van der Waals surface area contributed by atoms with Crippen LogP contribution in [0.5, 0.6) is 0 Å².